The fraction of sp³-hybridized carbons (Fsp3) is 0.176. The molecule has 0 bridgehead atoms. The van der Waals surface area contributed by atoms with E-state index < -0.39 is 16.1 Å². The van der Waals surface area contributed by atoms with Crippen LogP contribution in [0.1, 0.15) is 18.7 Å². The molecular weight excluding hydrogens is 448 g/mol. The Hall–Kier alpha value is -2.79. The smallest absolute Gasteiger partial charge is 0.264 e. The summed E-state index contributed by atoms with van der Waals surface area (Å²) < 4.78 is 29.5. The average molecular weight is 465 g/mol. The first-order valence-electron chi connectivity index (χ1n) is 8.18. The van der Waals surface area contributed by atoms with E-state index in [1.54, 1.807) is 23.9 Å². The zero-order chi connectivity index (χ0) is 20.3. The van der Waals surface area contributed by atoms with Gasteiger partial charge in [0.15, 0.2) is 0 Å². The largest absolute Gasteiger partial charge is 0.324 e. The number of carbonyl (C=O) groups is 1. The van der Waals surface area contributed by atoms with Gasteiger partial charge < -0.3 is 5.32 Å². The maximum absolute atomic E-state index is 12.5. The second kappa shape index (κ2) is 8.07. The molecule has 3 rings (SSSR count). The molecule has 3 aromatic rings. The van der Waals surface area contributed by atoms with Crippen molar-refractivity contribution in [1.82, 2.24) is 19.7 Å². The lowest BCUT2D eigenvalue weighted by molar-refractivity contribution is -0.119. The van der Waals surface area contributed by atoms with Crippen LogP contribution in [0.4, 0.5) is 11.6 Å². The molecule has 146 valence electrons. The predicted octanol–water partition coefficient (Wildman–Crippen LogP) is 2.74. The number of hydrogen-bond donors (Lipinski definition) is 2. The van der Waals surface area contributed by atoms with Crippen molar-refractivity contribution in [1.29, 1.82) is 0 Å². The van der Waals surface area contributed by atoms with Crippen molar-refractivity contribution >= 4 is 43.5 Å². The van der Waals surface area contributed by atoms with Gasteiger partial charge in [0.1, 0.15) is 6.04 Å². The van der Waals surface area contributed by atoms with Gasteiger partial charge in [-0.3, -0.25) is 9.48 Å². The lowest BCUT2D eigenvalue weighted by Gasteiger charge is -2.15. The van der Waals surface area contributed by atoms with Crippen molar-refractivity contribution in [3.63, 3.8) is 0 Å². The number of rotatable bonds is 6. The third-order valence-electron chi connectivity index (χ3n) is 3.95. The number of nitrogens with zero attached hydrogens (tertiary/aromatic N) is 4. The third kappa shape index (κ3) is 4.37. The number of aromatic nitrogens is 4. The quantitative estimate of drug-likeness (QED) is 0.578. The highest BCUT2D eigenvalue weighted by molar-refractivity contribution is 9.10. The van der Waals surface area contributed by atoms with Crippen molar-refractivity contribution in [2.24, 2.45) is 0 Å². The lowest BCUT2D eigenvalue weighted by Crippen LogP contribution is -2.25. The molecule has 2 N–H and O–H groups in total. The van der Waals surface area contributed by atoms with E-state index in [1.165, 1.54) is 36.7 Å². The topological polar surface area (TPSA) is 119 Å². The molecular formula is C17H17BrN6O3S. The van der Waals surface area contributed by atoms with E-state index in [0.717, 1.165) is 10.2 Å². The Morgan fingerprint density at radius 3 is 2.39 bits per heavy atom. The summed E-state index contributed by atoms with van der Waals surface area (Å²) >= 11 is 3.36. The molecule has 1 aromatic carbocycles. The molecule has 1 atom stereocenters. The van der Waals surface area contributed by atoms with Crippen LogP contribution in [0.3, 0.4) is 0 Å². The van der Waals surface area contributed by atoms with E-state index in [9.17, 15) is 13.2 Å². The summed E-state index contributed by atoms with van der Waals surface area (Å²) in [6.45, 7) is 3.58. The van der Waals surface area contributed by atoms with Crippen LogP contribution < -0.4 is 10.0 Å². The highest BCUT2D eigenvalue weighted by atomic mass is 79.9. The average Bonchev–Trinajstić information content (AvgIpc) is 3.01. The number of carbonyl (C=O) groups excluding carboxylic acids is 1. The molecule has 28 heavy (non-hydrogen) atoms. The van der Waals surface area contributed by atoms with Crippen LogP contribution >= 0.6 is 15.9 Å². The molecule has 0 saturated heterocycles. The van der Waals surface area contributed by atoms with E-state index in [-0.39, 0.29) is 16.8 Å². The second-order valence-electron chi connectivity index (χ2n) is 5.89. The molecule has 11 heteroatoms. The number of nitrogens with one attached hydrogen (secondary N) is 2. The SMILES string of the molecule is Cc1c(Br)cnn1C(C)C(=O)Nc1ccc(S(=O)(=O)Nc2ncccn2)cc1. The molecule has 0 saturated carbocycles. The molecule has 0 radical (unpaired) electrons. The van der Waals surface area contributed by atoms with Crippen LogP contribution in [-0.2, 0) is 14.8 Å². The minimum absolute atomic E-state index is 0.0190. The molecule has 9 nitrogen and oxygen atoms in total. The van der Waals surface area contributed by atoms with E-state index in [0.29, 0.717) is 5.69 Å². The first-order valence-corrected chi connectivity index (χ1v) is 10.5. The molecule has 2 aromatic heterocycles. The van der Waals surface area contributed by atoms with Crippen LogP contribution in [0.5, 0.6) is 0 Å². The second-order valence-corrected chi connectivity index (χ2v) is 8.43. The number of halogens is 1. The molecule has 0 fully saturated rings. The highest BCUT2D eigenvalue weighted by Crippen LogP contribution is 2.21. The molecule has 1 amide bonds. The third-order valence-corrected chi connectivity index (χ3v) is 6.08. The Balaban J connectivity index is 1.70. The Morgan fingerprint density at radius 2 is 1.82 bits per heavy atom. The lowest BCUT2D eigenvalue weighted by atomic mass is 10.2. The zero-order valence-corrected chi connectivity index (χ0v) is 17.4. The summed E-state index contributed by atoms with van der Waals surface area (Å²) in [4.78, 5) is 20.2. The van der Waals surface area contributed by atoms with Crippen molar-refractivity contribution in [3.8, 4) is 0 Å². The monoisotopic (exact) mass is 464 g/mol. The van der Waals surface area contributed by atoms with E-state index in [4.69, 9.17) is 0 Å². The van der Waals surface area contributed by atoms with E-state index in [1.807, 2.05) is 6.92 Å². The summed E-state index contributed by atoms with van der Waals surface area (Å²) in [5, 5.41) is 6.92. The molecule has 0 aliphatic heterocycles. The summed E-state index contributed by atoms with van der Waals surface area (Å²) in [7, 11) is -3.83. The summed E-state index contributed by atoms with van der Waals surface area (Å²) in [6, 6.07) is 6.85. The Labute approximate surface area is 170 Å². The first kappa shape index (κ1) is 20.0. The van der Waals surface area contributed by atoms with Gasteiger partial charge in [0.2, 0.25) is 11.9 Å². The summed E-state index contributed by atoms with van der Waals surface area (Å²) in [5.74, 6) is -0.292. The Bertz CT molecular complexity index is 1080. The van der Waals surface area contributed by atoms with Crippen molar-refractivity contribution in [3.05, 3.63) is 59.1 Å². The fourth-order valence-corrected chi connectivity index (χ4v) is 3.63. The summed E-state index contributed by atoms with van der Waals surface area (Å²) in [5.41, 5.74) is 1.30. The van der Waals surface area contributed by atoms with Crippen LogP contribution in [0, 0.1) is 6.92 Å². The van der Waals surface area contributed by atoms with Gasteiger partial charge in [0.25, 0.3) is 10.0 Å². The Morgan fingerprint density at radius 1 is 1.18 bits per heavy atom. The Kier molecular flexibility index (Phi) is 5.75. The number of amides is 1. The van der Waals surface area contributed by atoms with Gasteiger partial charge in [0, 0.05) is 18.1 Å². The number of hydrogen-bond acceptors (Lipinski definition) is 6. The van der Waals surface area contributed by atoms with Gasteiger partial charge in [-0.1, -0.05) is 0 Å². The highest BCUT2D eigenvalue weighted by Gasteiger charge is 2.20. The fourth-order valence-electron chi connectivity index (χ4n) is 2.40. The molecule has 2 heterocycles. The van der Waals surface area contributed by atoms with Gasteiger partial charge in [-0.25, -0.2) is 23.1 Å². The molecule has 0 aliphatic carbocycles. The zero-order valence-electron chi connectivity index (χ0n) is 15.0. The van der Waals surface area contributed by atoms with Crippen molar-refractivity contribution < 1.29 is 13.2 Å². The molecule has 1 unspecified atom stereocenters. The van der Waals surface area contributed by atoms with E-state index >= 15 is 0 Å². The number of anilines is 2. The number of benzene rings is 1. The van der Waals surface area contributed by atoms with Crippen LogP contribution in [0.25, 0.3) is 0 Å². The van der Waals surface area contributed by atoms with Gasteiger partial charge in [-0.2, -0.15) is 5.10 Å². The minimum Gasteiger partial charge on any atom is -0.324 e. The van der Waals surface area contributed by atoms with Gasteiger partial charge in [-0.05, 0) is 60.1 Å². The van der Waals surface area contributed by atoms with Gasteiger partial charge >= 0.3 is 0 Å². The first-order chi connectivity index (χ1) is 13.3. The van der Waals surface area contributed by atoms with Crippen LogP contribution in [-0.4, -0.2) is 34.1 Å². The molecule has 0 aliphatic rings. The minimum atomic E-state index is -3.83. The standard InChI is InChI=1S/C17H17BrN6O3S/c1-11-15(18)10-21-24(11)12(2)16(25)22-13-4-6-14(7-5-13)28(26,27)23-17-19-8-3-9-20-17/h3-10,12H,1-2H3,(H,22,25)(H,19,20,23). The van der Waals surface area contributed by atoms with Crippen molar-refractivity contribution in [2.75, 3.05) is 10.0 Å². The predicted molar refractivity (Wildman–Crippen MR) is 107 cm³/mol. The number of sulfonamides is 1. The van der Waals surface area contributed by atoms with Crippen molar-refractivity contribution in [2.45, 2.75) is 24.8 Å². The van der Waals surface area contributed by atoms with E-state index in [2.05, 4.69) is 41.0 Å². The van der Waals surface area contributed by atoms with Gasteiger partial charge in [0.05, 0.1) is 21.3 Å². The maximum atomic E-state index is 12.5. The molecule has 0 spiro atoms. The normalized spacial score (nSPS) is 12.4. The van der Waals surface area contributed by atoms with Gasteiger partial charge in [-0.15, -0.1) is 0 Å². The summed E-state index contributed by atoms with van der Waals surface area (Å²) in [6.07, 6.45) is 4.50. The van der Waals surface area contributed by atoms with Crippen LogP contribution in [0.2, 0.25) is 0 Å². The maximum Gasteiger partial charge on any atom is 0.264 e. The van der Waals surface area contributed by atoms with Crippen LogP contribution in [0.15, 0.2) is 58.3 Å².